The minimum Gasteiger partial charge on any atom is -0.329 e. The highest BCUT2D eigenvalue weighted by molar-refractivity contribution is 4.77. The smallest absolute Gasteiger partial charge is 0.0218 e. The molecule has 0 aromatic heterocycles. The monoisotopic (exact) mass is 225 g/mol. The topological polar surface area (TPSA) is 32.5 Å². The van der Waals surface area contributed by atoms with E-state index in [-0.39, 0.29) is 0 Å². The SMILES string of the molecule is NCC1CCCCCN1CCN1CCCC1. The molecule has 2 N–H and O–H groups in total. The molecule has 2 saturated heterocycles. The van der Waals surface area contributed by atoms with Crippen LogP contribution in [0.1, 0.15) is 38.5 Å². The molecule has 0 saturated carbocycles. The van der Waals surface area contributed by atoms with Crippen LogP contribution >= 0.6 is 0 Å². The summed E-state index contributed by atoms with van der Waals surface area (Å²) in [4.78, 5) is 5.25. The molecule has 3 heteroatoms. The van der Waals surface area contributed by atoms with Gasteiger partial charge in [-0.25, -0.2) is 0 Å². The number of hydrogen-bond donors (Lipinski definition) is 1. The molecule has 2 heterocycles. The molecule has 0 bridgehead atoms. The quantitative estimate of drug-likeness (QED) is 0.782. The average Bonchev–Trinajstić information content (AvgIpc) is 2.71. The predicted octanol–water partition coefficient (Wildman–Crippen LogP) is 1.29. The Bertz CT molecular complexity index is 190. The summed E-state index contributed by atoms with van der Waals surface area (Å²) < 4.78 is 0. The van der Waals surface area contributed by atoms with Gasteiger partial charge in [0.05, 0.1) is 0 Å². The molecule has 0 aliphatic carbocycles. The summed E-state index contributed by atoms with van der Waals surface area (Å²) in [6, 6.07) is 0.658. The lowest BCUT2D eigenvalue weighted by molar-refractivity contribution is 0.176. The second-order valence-corrected chi connectivity index (χ2v) is 5.32. The zero-order valence-corrected chi connectivity index (χ0v) is 10.5. The molecule has 2 aliphatic rings. The van der Waals surface area contributed by atoms with Gasteiger partial charge in [0.15, 0.2) is 0 Å². The molecule has 16 heavy (non-hydrogen) atoms. The second kappa shape index (κ2) is 6.58. The highest BCUT2D eigenvalue weighted by Gasteiger charge is 2.20. The minimum absolute atomic E-state index is 0.658. The lowest BCUT2D eigenvalue weighted by Gasteiger charge is -2.30. The van der Waals surface area contributed by atoms with Crippen molar-refractivity contribution in [3.05, 3.63) is 0 Å². The second-order valence-electron chi connectivity index (χ2n) is 5.32. The lowest BCUT2D eigenvalue weighted by atomic mass is 10.1. The first-order valence-corrected chi connectivity index (χ1v) is 7.06. The lowest BCUT2D eigenvalue weighted by Crippen LogP contribution is -2.43. The fourth-order valence-electron chi connectivity index (χ4n) is 3.07. The van der Waals surface area contributed by atoms with Crippen molar-refractivity contribution in [2.75, 3.05) is 39.3 Å². The van der Waals surface area contributed by atoms with Crippen molar-refractivity contribution in [2.24, 2.45) is 5.73 Å². The third kappa shape index (κ3) is 3.44. The Kier molecular flexibility index (Phi) is 5.07. The Labute approximate surface area is 100.0 Å². The van der Waals surface area contributed by atoms with Gasteiger partial charge in [-0.15, -0.1) is 0 Å². The summed E-state index contributed by atoms with van der Waals surface area (Å²) in [7, 11) is 0. The van der Waals surface area contributed by atoms with Crippen LogP contribution in [-0.4, -0.2) is 55.1 Å². The van der Waals surface area contributed by atoms with Gasteiger partial charge in [-0.3, -0.25) is 4.90 Å². The van der Waals surface area contributed by atoms with E-state index in [1.165, 1.54) is 71.2 Å². The molecule has 0 radical (unpaired) electrons. The van der Waals surface area contributed by atoms with E-state index in [1.807, 2.05) is 0 Å². The first-order valence-electron chi connectivity index (χ1n) is 7.06. The van der Waals surface area contributed by atoms with Crippen LogP contribution in [0.5, 0.6) is 0 Å². The average molecular weight is 225 g/mol. The molecule has 2 fully saturated rings. The van der Waals surface area contributed by atoms with Crippen LogP contribution in [0.25, 0.3) is 0 Å². The van der Waals surface area contributed by atoms with E-state index < -0.39 is 0 Å². The first-order chi connectivity index (χ1) is 7.90. The van der Waals surface area contributed by atoms with E-state index in [4.69, 9.17) is 5.73 Å². The number of nitrogens with two attached hydrogens (primary N) is 1. The Balaban J connectivity index is 1.75. The van der Waals surface area contributed by atoms with E-state index in [0.29, 0.717) is 6.04 Å². The van der Waals surface area contributed by atoms with Crippen LogP contribution < -0.4 is 5.73 Å². The highest BCUT2D eigenvalue weighted by Crippen LogP contribution is 2.16. The fourth-order valence-corrected chi connectivity index (χ4v) is 3.07. The molecule has 2 aliphatic heterocycles. The van der Waals surface area contributed by atoms with Gasteiger partial charge in [-0.05, 0) is 45.3 Å². The molecule has 0 amide bonds. The van der Waals surface area contributed by atoms with Gasteiger partial charge in [0.1, 0.15) is 0 Å². The maximum Gasteiger partial charge on any atom is 0.0218 e. The van der Waals surface area contributed by atoms with Crippen molar-refractivity contribution < 1.29 is 0 Å². The summed E-state index contributed by atoms with van der Waals surface area (Å²) in [6.07, 6.45) is 8.27. The summed E-state index contributed by atoms with van der Waals surface area (Å²) in [5.41, 5.74) is 5.89. The van der Waals surface area contributed by atoms with Crippen LogP contribution in [0.15, 0.2) is 0 Å². The van der Waals surface area contributed by atoms with Crippen LogP contribution in [0.3, 0.4) is 0 Å². The number of hydrogen-bond acceptors (Lipinski definition) is 3. The van der Waals surface area contributed by atoms with Gasteiger partial charge in [-0.1, -0.05) is 12.8 Å². The van der Waals surface area contributed by atoms with Gasteiger partial charge in [0.2, 0.25) is 0 Å². The molecule has 2 rings (SSSR count). The Morgan fingerprint density at radius 2 is 1.62 bits per heavy atom. The van der Waals surface area contributed by atoms with Crippen molar-refractivity contribution in [2.45, 2.75) is 44.6 Å². The maximum absolute atomic E-state index is 5.89. The van der Waals surface area contributed by atoms with Crippen molar-refractivity contribution in [3.8, 4) is 0 Å². The fraction of sp³-hybridized carbons (Fsp3) is 1.00. The molecule has 0 aromatic carbocycles. The standard InChI is InChI=1S/C13H27N3/c14-12-13-6-2-1-3-9-16(13)11-10-15-7-4-5-8-15/h13H,1-12,14H2. The molecular weight excluding hydrogens is 198 g/mol. The maximum atomic E-state index is 5.89. The van der Waals surface area contributed by atoms with E-state index >= 15 is 0 Å². The summed E-state index contributed by atoms with van der Waals surface area (Å²) >= 11 is 0. The van der Waals surface area contributed by atoms with Crippen molar-refractivity contribution in [1.82, 2.24) is 9.80 Å². The van der Waals surface area contributed by atoms with Gasteiger partial charge < -0.3 is 10.6 Å². The number of rotatable bonds is 4. The van der Waals surface area contributed by atoms with Crippen LogP contribution in [-0.2, 0) is 0 Å². The zero-order chi connectivity index (χ0) is 11.2. The van der Waals surface area contributed by atoms with Crippen molar-refractivity contribution in [1.29, 1.82) is 0 Å². The summed E-state index contributed by atoms with van der Waals surface area (Å²) in [5, 5.41) is 0. The van der Waals surface area contributed by atoms with Gasteiger partial charge in [-0.2, -0.15) is 0 Å². The Morgan fingerprint density at radius 1 is 0.875 bits per heavy atom. The highest BCUT2D eigenvalue weighted by atomic mass is 15.2. The largest absolute Gasteiger partial charge is 0.329 e. The molecule has 0 aromatic rings. The molecule has 1 atom stereocenters. The number of nitrogens with zero attached hydrogens (tertiary/aromatic N) is 2. The van der Waals surface area contributed by atoms with Gasteiger partial charge >= 0.3 is 0 Å². The van der Waals surface area contributed by atoms with E-state index in [9.17, 15) is 0 Å². The van der Waals surface area contributed by atoms with Crippen molar-refractivity contribution in [3.63, 3.8) is 0 Å². The molecule has 1 unspecified atom stereocenters. The minimum atomic E-state index is 0.658. The molecule has 3 nitrogen and oxygen atoms in total. The third-order valence-corrected chi connectivity index (χ3v) is 4.17. The zero-order valence-electron chi connectivity index (χ0n) is 10.5. The van der Waals surface area contributed by atoms with Crippen LogP contribution in [0, 0.1) is 0 Å². The molecular formula is C13H27N3. The first kappa shape index (κ1) is 12.3. The predicted molar refractivity (Wildman–Crippen MR) is 68.6 cm³/mol. The van der Waals surface area contributed by atoms with Crippen LogP contribution in [0.2, 0.25) is 0 Å². The summed E-state index contributed by atoms with van der Waals surface area (Å²) in [5.74, 6) is 0. The van der Waals surface area contributed by atoms with Gasteiger partial charge in [0, 0.05) is 25.7 Å². The normalized spacial score (nSPS) is 29.4. The van der Waals surface area contributed by atoms with Gasteiger partial charge in [0.25, 0.3) is 0 Å². The molecule has 0 spiro atoms. The van der Waals surface area contributed by atoms with E-state index in [1.54, 1.807) is 0 Å². The van der Waals surface area contributed by atoms with Crippen LogP contribution in [0.4, 0.5) is 0 Å². The third-order valence-electron chi connectivity index (χ3n) is 4.17. The van der Waals surface area contributed by atoms with E-state index in [0.717, 1.165) is 6.54 Å². The van der Waals surface area contributed by atoms with E-state index in [2.05, 4.69) is 9.80 Å². The Morgan fingerprint density at radius 3 is 2.38 bits per heavy atom. The van der Waals surface area contributed by atoms with Crippen molar-refractivity contribution >= 4 is 0 Å². The number of likely N-dealkylation sites (tertiary alicyclic amines) is 2. The molecule has 94 valence electrons. The Hall–Kier alpha value is -0.120. The summed E-state index contributed by atoms with van der Waals surface area (Å²) in [6.45, 7) is 7.26.